The van der Waals surface area contributed by atoms with Gasteiger partial charge in [0, 0.05) is 17.6 Å². The smallest absolute Gasteiger partial charge is 0.266 e. The van der Waals surface area contributed by atoms with Crippen LogP contribution < -0.4 is 0 Å². The molecule has 3 rings (SSSR count). The summed E-state index contributed by atoms with van der Waals surface area (Å²) in [4.78, 5) is 6.85. The predicted molar refractivity (Wildman–Crippen MR) is 93.0 cm³/mol. The first kappa shape index (κ1) is 17.6. The first-order chi connectivity index (χ1) is 10.1. The van der Waals surface area contributed by atoms with Gasteiger partial charge in [0.15, 0.2) is 0 Å². The van der Waals surface area contributed by atoms with Crippen LogP contribution in [0.1, 0.15) is 19.3 Å². The Labute approximate surface area is 146 Å². The minimum atomic E-state index is -3.51. The number of piperidine rings is 1. The molecule has 22 heavy (non-hydrogen) atoms. The summed E-state index contributed by atoms with van der Waals surface area (Å²) in [7, 11) is -3.51. The maximum atomic E-state index is 12.8. The Hall–Kier alpha value is -0.790. The van der Waals surface area contributed by atoms with Gasteiger partial charge in [-0.2, -0.15) is 0 Å². The van der Waals surface area contributed by atoms with E-state index < -0.39 is 10.0 Å². The van der Waals surface area contributed by atoms with E-state index in [9.17, 15) is 8.42 Å². The van der Waals surface area contributed by atoms with E-state index in [1.54, 1.807) is 24.3 Å². The van der Waals surface area contributed by atoms with E-state index >= 15 is 0 Å². The van der Waals surface area contributed by atoms with Gasteiger partial charge in [-0.15, -0.1) is 12.4 Å². The van der Waals surface area contributed by atoms with Crippen molar-refractivity contribution in [2.45, 2.75) is 24.2 Å². The number of hydrogen-bond acceptors (Lipinski definition) is 4. The molecular formula is C14H19BrClN3O2S. The molecule has 1 aromatic carbocycles. The van der Waals surface area contributed by atoms with Crippen molar-refractivity contribution in [2.75, 3.05) is 26.2 Å². The second-order valence-electron chi connectivity index (χ2n) is 5.26. The summed E-state index contributed by atoms with van der Waals surface area (Å²) in [6.45, 7) is 2.77. The number of sulfonamides is 1. The van der Waals surface area contributed by atoms with E-state index in [0.717, 1.165) is 30.4 Å². The van der Waals surface area contributed by atoms with Crippen LogP contribution in [0.3, 0.4) is 0 Å². The van der Waals surface area contributed by atoms with Gasteiger partial charge in [-0.1, -0.05) is 15.9 Å². The van der Waals surface area contributed by atoms with Crippen molar-refractivity contribution in [3.05, 3.63) is 28.7 Å². The number of nitrogens with zero attached hydrogens (tertiary/aromatic N) is 3. The van der Waals surface area contributed by atoms with Gasteiger partial charge in [-0.05, 0) is 43.5 Å². The largest absolute Gasteiger partial charge is 0.342 e. The van der Waals surface area contributed by atoms with Gasteiger partial charge in [-0.25, -0.2) is 12.7 Å². The van der Waals surface area contributed by atoms with E-state index in [-0.39, 0.29) is 12.4 Å². The Morgan fingerprint density at radius 1 is 1.00 bits per heavy atom. The molecule has 1 saturated heterocycles. The second-order valence-corrected chi connectivity index (χ2v) is 8.04. The molecule has 2 heterocycles. The summed E-state index contributed by atoms with van der Waals surface area (Å²) in [5, 5.41) is 0. The van der Waals surface area contributed by atoms with Gasteiger partial charge < -0.3 is 4.90 Å². The van der Waals surface area contributed by atoms with Gasteiger partial charge in [0.1, 0.15) is 0 Å². The second kappa shape index (κ2) is 7.19. The minimum absolute atomic E-state index is 0. The summed E-state index contributed by atoms with van der Waals surface area (Å²) in [5.41, 5.74) is 0. The Morgan fingerprint density at radius 2 is 1.64 bits per heavy atom. The molecule has 0 spiro atoms. The lowest BCUT2D eigenvalue weighted by atomic mass is 10.1. The lowest BCUT2D eigenvalue weighted by Gasteiger charge is -2.32. The molecule has 0 aromatic heterocycles. The maximum Gasteiger partial charge on any atom is 0.266 e. The molecule has 8 heteroatoms. The van der Waals surface area contributed by atoms with Crippen molar-refractivity contribution >= 4 is 44.3 Å². The van der Waals surface area contributed by atoms with Crippen molar-refractivity contribution in [3.8, 4) is 0 Å². The Morgan fingerprint density at radius 3 is 2.27 bits per heavy atom. The summed E-state index contributed by atoms with van der Waals surface area (Å²) < 4.78 is 27.9. The average Bonchev–Trinajstić information content (AvgIpc) is 2.99. The monoisotopic (exact) mass is 407 g/mol. The van der Waals surface area contributed by atoms with Crippen LogP contribution in [0.5, 0.6) is 0 Å². The van der Waals surface area contributed by atoms with Gasteiger partial charge >= 0.3 is 0 Å². The number of aliphatic imine (C=N–C) groups is 1. The van der Waals surface area contributed by atoms with Crippen molar-refractivity contribution in [2.24, 2.45) is 4.99 Å². The van der Waals surface area contributed by atoms with Crippen LogP contribution in [0.25, 0.3) is 0 Å². The number of hydrogen-bond donors (Lipinski definition) is 0. The third-order valence-corrected chi connectivity index (χ3v) is 6.14. The van der Waals surface area contributed by atoms with Gasteiger partial charge in [-0.3, -0.25) is 4.99 Å². The van der Waals surface area contributed by atoms with Crippen molar-refractivity contribution in [1.29, 1.82) is 0 Å². The molecule has 2 aliphatic rings. The summed E-state index contributed by atoms with van der Waals surface area (Å²) in [6.07, 6.45) is 3.42. The van der Waals surface area contributed by atoms with Crippen LogP contribution in [0.15, 0.2) is 38.6 Å². The van der Waals surface area contributed by atoms with Crippen LogP contribution in [-0.4, -0.2) is 49.8 Å². The van der Waals surface area contributed by atoms with Crippen LogP contribution in [0, 0.1) is 0 Å². The van der Waals surface area contributed by atoms with Crippen molar-refractivity contribution in [3.63, 3.8) is 0 Å². The number of guanidine groups is 1. The number of halogens is 2. The fourth-order valence-electron chi connectivity index (χ4n) is 2.73. The number of rotatable bonds is 2. The van der Waals surface area contributed by atoms with Gasteiger partial charge in [0.05, 0.1) is 18.0 Å². The quantitative estimate of drug-likeness (QED) is 0.756. The molecule has 0 unspecified atom stereocenters. The van der Waals surface area contributed by atoms with Gasteiger partial charge in [0.2, 0.25) is 5.96 Å². The zero-order valence-electron chi connectivity index (χ0n) is 12.1. The average molecular weight is 409 g/mol. The predicted octanol–water partition coefficient (Wildman–Crippen LogP) is 2.72. The Kier molecular flexibility index (Phi) is 5.74. The molecule has 0 aliphatic carbocycles. The highest BCUT2D eigenvalue weighted by Crippen LogP contribution is 2.23. The highest BCUT2D eigenvalue weighted by atomic mass is 79.9. The Bertz CT molecular complexity index is 643. The minimum Gasteiger partial charge on any atom is -0.342 e. The Balaban J connectivity index is 0.00000176. The zero-order chi connectivity index (χ0) is 14.9. The molecule has 0 radical (unpaired) electrons. The van der Waals surface area contributed by atoms with Crippen LogP contribution >= 0.6 is 28.3 Å². The highest BCUT2D eigenvalue weighted by molar-refractivity contribution is 9.10. The van der Waals surface area contributed by atoms with Crippen LogP contribution in [0.2, 0.25) is 0 Å². The lowest BCUT2D eigenvalue weighted by molar-refractivity contribution is 0.321. The zero-order valence-corrected chi connectivity index (χ0v) is 15.3. The normalized spacial score (nSPS) is 18.9. The molecule has 1 aromatic rings. The SMILES string of the molecule is Cl.O=S(=O)(c1ccc(Br)cc1)N1CCN=C1N1CCCCC1. The topological polar surface area (TPSA) is 53.0 Å². The van der Waals surface area contributed by atoms with Crippen molar-refractivity contribution < 1.29 is 8.42 Å². The summed E-state index contributed by atoms with van der Waals surface area (Å²) >= 11 is 3.33. The summed E-state index contributed by atoms with van der Waals surface area (Å²) in [5.74, 6) is 0.623. The molecule has 5 nitrogen and oxygen atoms in total. The molecular weight excluding hydrogens is 390 g/mol. The first-order valence-corrected chi connectivity index (χ1v) is 9.40. The molecule has 0 amide bonds. The molecule has 1 fully saturated rings. The van der Waals surface area contributed by atoms with E-state index in [0.29, 0.717) is 23.9 Å². The van der Waals surface area contributed by atoms with E-state index in [1.807, 2.05) is 0 Å². The molecule has 0 N–H and O–H groups in total. The van der Waals surface area contributed by atoms with Gasteiger partial charge in [0.25, 0.3) is 10.0 Å². The van der Waals surface area contributed by atoms with Crippen molar-refractivity contribution in [1.82, 2.24) is 9.21 Å². The lowest BCUT2D eigenvalue weighted by Crippen LogP contribution is -2.46. The first-order valence-electron chi connectivity index (χ1n) is 7.17. The van der Waals surface area contributed by atoms with Crippen LogP contribution in [-0.2, 0) is 10.0 Å². The highest BCUT2D eigenvalue weighted by Gasteiger charge is 2.34. The molecule has 122 valence electrons. The number of benzene rings is 1. The number of likely N-dealkylation sites (tertiary alicyclic amines) is 1. The molecule has 0 bridgehead atoms. The standard InChI is InChI=1S/C14H18BrN3O2S.ClH/c15-12-4-6-13(7-5-12)21(19,20)18-11-8-16-14(18)17-9-2-1-3-10-17;/h4-7H,1-3,8-11H2;1H. The third kappa shape index (κ3) is 3.41. The third-order valence-electron chi connectivity index (χ3n) is 3.82. The fourth-order valence-corrected chi connectivity index (χ4v) is 4.44. The fraction of sp³-hybridized carbons (Fsp3) is 0.500. The maximum absolute atomic E-state index is 12.8. The molecule has 2 aliphatic heterocycles. The molecule has 0 saturated carbocycles. The van der Waals surface area contributed by atoms with Crippen LogP contribution in [0.4, 0.5) is 0 Å². The van der Waals surface area contributed by atoms with E-state index in [1.165, 1.54) is 10.7 Å². The summed E-state index contributed by atoms with van der Waals surface area (Å²) in [6, 6.07) is 6.76. The van der Waals surface area contributed by atoms with E-state index in [2.05, 4.69) is 25.8 Å². The van der Waals surface area contributed by atoms with E-state index in [4.69, 9.17) is 0 Å². The molecule has 0 atom stereocenters.